The number of fused-ring (bicyclic) bond motifs is 1. The van der Waals surface area contributed by atoms with Crippen LogP contribution in [0.15, 0.2) is 30.3 Å². The van der Waals surface area contributed by atoms with Gasteiger partial charge in [0.2, 0.25) is 11.8 Å². The number of piperidine rings is 1. The van der Waals surface area contributed by atoms with E-state index in [2.05, 4.69) is 25.8 Å². The summed E-state index contributed by atoms with van der Waals surface area (Å²) in [7, 11) is 0. The Morgan fingerprint density at radius 3 is 2.70 bits per heavy atom. The number of rotatable bonds is 4. The minimum Gasteiger partial charge on any atom is -0.444 e. The van der Waals surface area contributed by atoms with Crippen molar-refractivity contribution in [3.8, 4) is 0 Å². The zero-order chi connectivity index (χ0) is 23.8. The number of aromatic amines is 1. The average molecular weight is 450 g/mol. The summed E-state index contributed by atoms with van der Waals surface area (Å²) in [5.74, 6) is -0.495. The average Bonchev–Trinajstić information content (AvgIpc) is 3.21. The number of nitrogens with one attached hydrogen (secondary N) is 3. The van der Waals surface area contributed by atoms with Gasteiger partial charge in [-0.15, -0.1) is 0 Å². The van der Waals surface area contributed by atoms with Gasteiger partial charge in [0.15, 0.2) is 5.82 Å². The molecule has 1 atom stereocenters. The molecular formula is C24H27N5O4. The number of imide groups is 1. The van der Waals surface area contributed by atoms with Gasteiger partial charge in [0.25, 0.3) is 0 Å². The van der Waals surface area contributed by atoms with E-state index < -0.39 is 6.09 Å². The molecule has 4 rings (SSSR count). The van der Waals surface area contributed by atoms with Crippen LogP contribution in [0, 0.1) is 6.92 Å². The first-order chi connectivity index (χ1) is 15.6. The highest BCUT2D eigenvalue weighted by molar-refractivity contribution is 6.01. The number of benzene rings is 1. The highest BCUT2D eigenvalue weighted by atomic mass is 16.5. The number of H-pyrrole nitrogens is 1. The van der Waals surface area contributed by atoms with Crippen molar-refractivity contribution >= 4 is 34.6 Å². The largest absolute Gasteiger partial charge is 0.444 e. The van der Waals surface area contributed by atoms with Gasteiger partial charge in [0, 0.05) is 34.7 Å². The fourth-order valence-electron chi connectivity index (χ4n) is 3.82. The minimum atomic E-state index is -0.598. The van der Waals surface area contributed by atoms with Gasteiger partial charge in [-0.25, -0.2) is 4.79 Å². The van der Waals surface area contributed by atoms with Crippen LogP contribution in [0.5, 0.6) is 0 Å². The molecule has 1 aliphatic heterocycles. The molecule has 1 aliphatic rings. The van der Waals surface area contributed by atoms with E-state index >= 15 is 0 Å². The van der Waals surface area contributed by atoms with Gasteiger partial charge in [0.1, 0.15) is 6.61 Å². The van der Waals surface area contributed by atoms with Crippen LogP contribution in [0.25, 0.3) is 10.9 Å². The van der Waals surface area contributed by atoms with Gasteiger partial charge in [-0.2, -0.15) is 5.10 Å². The van der Waals surface area contributed by atoms with Crippen molar-refractivity contribution in [2.24, 2.45) is 0 Å². The van der Waals surface area contributed by atoms with Gasteiger partial charge in [0.05, 0.1) is 11.4 Å². The molecule has 1 unspecified atom stereocenters. The van der Waals surface area contributed by atoms with Crippen molar-refractivity contribution < 1.29 is 19.1 Å². The van der Waals surface area contributed by atoms with E-state index in [9.17, 15) is 14.4 Å². The summed E-state index contributed by atoms with van der Waals surface area (Å²) < 4.78 is 5.33. The molecule has 1 fully saturated rings. The summed E-state index contributed by atoms with van der Waals surface area (Å²) in [6, 6.07) is 9.32. The van der Waals surface area contributed by atoms with Crippen molar-refractivity contribution in [1.29, 1.82) is 0 Å². The number of pyridine rings is 1. The van der Waals surface area contributed by atoms with Crippen LogP contribution in [0.4, 0.5) is 10.6 Å². The number of aryl methyl sites for hydroxylation is 1. The van der Waals surface area contributed by atoms with Gasteiger partial charge in [-0.1, -0.05) is 32.9 Å². The predicted octanol–water partition coefficient (Wildman–Crippen LogP) is 3.83. The molecule has 1 aromatic carbocycles. The van der Waals surface area contributed by atoms with Gasteiger partial charge in [-0.05, 0) is 36.6 Å². The summed E-state index contributed by atoms with van der Waals surface area (Å²) in [5.41, 5.74) is 3.89. The van der Waals surface area contributed by atoms with Crippen LogP contribution in [-0.4, -0.2) is 33.1 Å². The fourth-order valence-corrected chi connectivity index (χ4v) is 3.82. The molecule has 0 spiro atoms. The number of hydrogen-bond acceptors (Lipinski definition) is 6. The van der Waals surface area contributed by atoms with Crippen molar-refractivity contribution in [3.63, 3.8) is 0 Å². The Labute approximate surface area is 191 Å². The van der Waals surface area contributed by atoms with E-state index in [-0.39, 0.29) is 29.8 Å². The molecular weight excluding hydrogens is 422 g/mol. The third kappa shape index (κ3) is 5.02. The van der Waals surface area contributed by atoms with Crippen LogP contribution in [0.3, 0.4) is 0 Å². The lowest BCUT2D eigenvalue weighted by atomic mass is 9.89. The molecule has 3 heterocycles. The summed E-state index contributed by atoms with van der Waals surface area (Å²) in [6.45, 7) is 8.07. The Bertz CT molecular complexity index is 1240. The maximum absolute atomic E-state index is 12.3. The molecule has 0 aliphatic carbocycles. The molecule has 0 radical (unpaired) electrons. The van der Waals surface area contributed by atoms with Crippen LogP contribution < -0.4 is 10.6 Å². The Morgan fingerprint density at radius 2 is 2.00 bits per heavy atom. The standard InChI is InChI=1S/C24H27N5O4/c1-13-17(16-7-8-21(30)27-22(16)31)10-15-6-5-14(9-18(15)25-13)12-33-23(32)26-20-11-19(28-29-20)24(2,3)4/h5-6,9-11,16H,7-8,12H2,1-4H3,(H,27,30,31)(H2,26,28,29,32). The van der Waals surface area contributed by atoms with E-state index in [1.54, 1.807) is 6.07 Å². The first-order valence-electron chi connectivity index (χ1n) is 10.8. The van der Waals surface area contributed by atoms with Crippen molar-refractivity contribution in [1.82, 2.24) is 20.5 Å². The highest BCUT2D eigenvalue weighted by Crippen LogP contribution is 2.29. The SMILES string of the molecule is Cc1nc2cc(COC(=O)Nc3cc(C(C)(C)C)[nH]n3)ccc2cc1C1CCC(=O)NC1=O. The monoisotopic (exact) mass is 449 g/mol. The number of aromatic nitrogens is 3. The Kier molecular flexibility index (Phi) is 5.88. The number of ether oxygens (including phenoxy) is 1. The number of nitrogens with zero attached hydrogens (tertiary/aromatic N) is 2. The number of amides is 3. The summed E-state index contributed by atoms with van der Waals surface area (Å²) in [5, 5.41) is 12.9. The Balaban J connectivity index is 1.43. The van der Waals surface area contributed by atoms with Crippen LogP contribution in [0.2, 0.25) is 0 Å². The van der Waals surface area contributed by atoms with E-state index in [1.807, 2.05) is 52.0 Å². The number of anilines is 1. The maximum atomic E-state index is 12.3. The minimum absolute atomic E-state index is 0.0773. The topological polar surface area (TPSA) is 126 Å². The van der Waals surface area contributed by atoms with E-state index in [0.717, 1.165) is 33.4 Å². The summed E-state index contributed by atoms with van der Waals surface area (Å²) >= 11 is 0. The Morgan fingerprint density at radius 1 is 1.21 bits per heavy atom. The van der Waals surface area contributed by atoms with Crippen molar-refractivity contribution in [2.45, 2.75) is 58.5 Å². The fraction of sp³-hybridized carbons (Fsp3) is 0.375. The lowest BCUT2D eigenvalue weighted by Crippen LogP contribution is -2.39. The molecule has 2 aromatic heterocycles. The molecule has 9 heteroatoms. The third-order valence-corrected chi connectivity index (χ3v) is 5.71. The summed E-state index contributed by atoms with van der Waals surface area (Å²) in [6.07, 6.45) is 0.203. The second-order valence-electron chi connectivity index (χ2n) is 9.31. The second-order valence-corrected chi connectivity index (χ2v) is 9.31. The normalized spacial score (nSPS) is 16.5. The van der Waals surface area contributed by atoms with Gasteiger partial charge < -0.3 is 4.74 Å². The smallest absolute Gasteiger partial charge is 0.413 e. The summed E-state index contributed by atoms with van der Waals surface area (Å²) in [4.78, 5) is 40.5. The molecule has 172 valence electrons. The molecule has 3 amide bonds. The second kappa shape index (κ2) is 8.65. The lowest BCUT2D eigenvalue weighted by molar-refractivity contribution is -0.134. The van der Waals surface area contributed by atoms with E-state index in [4.69, 9.17) is 4.74 Å². The van der Waals surface area contributed by atoms with Crippen molar-refractivity contribution in [2.75, 3.05) is 5.32 Å². The number of hydrogen-bond donors (Lipinski definition) is 3. The highest BCUT2D eigenvalue weighted by Gasteiger charge is 2.29. The van der Waals surface area contributed by atoms with E-state index in [1.165, 1.54) is 0 Å². The molecule has 3 N–H and O–H groups in total. The van der Waals surface area contributed by atoms with Crippen LogP contribution in [0.1, 0.15) is 62.0 Å². The van der Waals surface area contributed by atoms with Crippen LogP contribution in [-0.2, 0) is 26.3 Å². The van der Waals surface area contributed by atoms with Gasteiger partial charge >= 0.3 is 6.09 Å². The van der Waals surface area contributed by atoms with Gasteiger partial charge in [-0.3, -0.25) is 30.3 Å². The molecule has 9 nitrogen and oxygen atoms in total. The maximum Gasteiger partial charge on any atom is 0.413 e. The third-order valence-electron chi connectivity index (χ3n) is 5.71. The lowest BCUT2D eigenvalue weighted by Gasteiger charge is -2.22. The first-order valence-corrected chi connectivity index (χ1v) is 10.8. The van der Waals surface area contributed by atoms with E-state index in [0.29, 0.717) is 18.7 Å². The van der Waals surface area contributed by atoms with Crippen molar-refractivity contribution in [3.05, 3.63) is 52.8 Å². The number of carbonyl (C=O) groups is 3. The first kappa shape index (κ1) is 22.4. The quantitative estimate of drug-likeness (QED) is 0.520. The zero-order valence-electron chi connectivity index (χ0n) is 19.1. The molecule has 3 aromatic rings. The molecule has 1 saturated heterocycles. The number of carbonyl (C=O) groups excluding carboxylic acids is 3. The van der Waals surface area contributed by atoms with Crippen LogP contribution >= 0.6 is 0 Å². The Hall–Kier alpha value is -3.75. The molecule has 0 saturated carbocycles. The molecule has 0 bridgehead atoms. The zero-order valence-corrected chi connectivity index (χ0v) is 19.1. The predicted molar refractivity (Wildman–Crippen MR) is 123 cm³/mol. The molecule has 33 heavy (non-hydrogen) atoms.